The lowest BCUT2D eigenvalue weighted by Gasteiger charge is -2.37. The van der Waals surface area contributed by atoms with Crippen molar-refractivity contribution in [2.45, 2.75) is 91.5 Å². The van der Waals surface area contributed by atoms with Crippen LogP contribution in [0.15, 0.2) is 24.3 Å². The molecule has 0 aliphatic heterocycles. The number of Topliss-reactive ketones (excluding diaryl/α,β-unsaturated/α-hetero) is 1. The molecule has 0 aromatic heterocycles. The minimum Gasteiger partial charge on any atom is -0.456 e. The molecule has 0 amide bonds. The van der Waals surface area contributed by atoms with E-state index in [1.165, 1.54) is 0 Å². The molecule has 0 aliphatic carbocycles. The van der Waals surface area contributed by atoms with Gasteiger partial charge in [-0.2, -0.15) is 0 Å². The largest absolute Gasteiger partial charge is 0.456 e. The zero-order chi connectivity index (χ0) is 19.1. The van der Waals surface area contributed by atoms with E-state index in [0.29, 0.717) is 36.8 Å². The smallest absolute Gasteiger partial charge is 0.333 e. The summed E-state index contributed by atoms with van der Waals surface area (Å²) in [5, 5.41) is 0. The van der Waals surface area contributed by atoms with Gasteiger partial charge < -0.3 is 9.47 Å². The third kappa shape index (κ3) is 5.90. The van der Waals surface area contributed by atoms with Crippen molar-refractivity contribution in [3.63, 3.8) is 0 Å². The Morgan fingerprint density at radius 2 is 1.50 bits per heavy atom. The van der Waals surface area contributed by atoms with Crippen LogP contribution >= 0.6 is 0 Å². The van der Waals surface area contributed by atoms with Crippen LogP contribution in [0.25, 0.3) is 0 Å². The number of rotatable bonds is 11. The van der Waals surface area contributed by atoms with Crippen LogP contribution < -0.4 is 0 Å². The van der Waals surface area contributed by atoms with Crippen LogP contribution in [0, 0.1) is 0 Å². The van der Waals surface area contributed by atoms with Crippen molar-refractivity contribution < 1.29 is 19.1 Å². The number of carbonyl (C=O) groups excluding carboxylic acids is 2. The number of esters is 1. The summed E-state index contributed by atoms with van der Waals surface area (Å²) >= 11 is 0. The lowest BCUT2D eigenvalue weighted by molar-refractivity contribution is -0.167. The molecular weight excluding hydrogens is 304 g/mol. The molecule has 24 heavy (non-hydrogen) atoms. The first-order chi connectivity index (χ1) is 11.0. The van der Waals surface area contributed by atoms with Gasteiger partial charge in [-0.25, -0.2) is 4.79 Å². The summed E-state index contributed by atoms with van der Waals surface area (Å²) < 4.78 is 11.8. The molecule has 2 atom stereocenters. The quantitative estimate of drug-likeness (QED) is 0.402. The SMILES string of the molecule is C=C(C)C(=O)OC(C)(CC)CC(C)OC(CC)(CC)C(=O)C(=C)C. The molecule has 0 radical (unpaired) electrons. The summed E-state index contributed by atoms with van der Waals surface area (Å²) in [6, 6.07) is 0. The van der Waals surface area contributed by atoms with Crippen LogP contribution in [0.1, 0.15) is 74.1 Å². The van der Waals surface area contributed by atoms with Crippen LogP contribution in [0.2, 0.25) is 0 Å². The summed E-state index contributed by atoms with van der Waals surface area (Å²) in [5.74, 6) is -0.460. The Labute approximate surface area is 147 Å². The van der Waals surface area contributed by atoms with Gasteiger partial charge in [0, 0.05) is 12.0 Å². The van der Waals surface area contributed by atoms with Crippen molar-refractivity contribution >= 4 is 11.8 Å². The van der Waals surface area contributed by atoms with E-state index in [1.807, 2.05) is 34.6 Å². The van der Waals surface area contributed by atoms with Crippen LogP contribution in [0.3, 0.4) is 0 Å². The molecule has 4 heteroatoms. The molecular formula is C20H34O4. The first kappa shape index (κ1) is 22.6. The fraction of sp³-hybridized carbons (Fsp3) is 0.700. The highest BCUT2D eigenvalue weighted by molar-refractivity contribution is 6.00. The zero-order valence-electron chi connectivity index (χ0n) is 16.5. The highest BCUT2D eigenvalue weighted by atomic mass is 16.6. The van der Waals surface area contributed by atoms with E-state index in [0.717, 1.165) is 0 Å². The van der Waals surface area contributed by atoms with E-state index in [2.05, 4.69) is 13.2 Å². The van der Waals surface area contributed by atoms with Crippen molar-refractivity contribution in [2.24, 2.45) is 0 Å². The van der Waals surface area contributed by atoms with Crippen LogP contribution in [-0.2, 0) is 19.1 Å². The number of hydrogen-bond donors (Lipinski definition) is 0. The summed E-state index contributed by atoms with van der Waals surface area (Å²) in [5.41, 5.74) is -0.650. The van der Waals surface area contributed by atoms with E-state index >= 15 is 0 Å². The third-order valence-corrected chi connectivity index (χ3v) is 4.53. The zero-order valence-corrected chi connectivity index (χ0v) is 16.5. The Bertz CT molecular complexity index is 488. The summed E-state index contributed by atoms with van der Waals surface area (Å²) in [7, 11) is 0. The van der Waals surface area contributed by atoms with Gasteiger partial charge in [0.15, 0.2) is 5.78 Å². The van der Waals surface area contributed by atoms with Gasteiger partial charge >= 0.3 is 5.97 Å². The van der Waals surface area contributed by atoms with Gasteiger partial charge in [0.25, 0.3) is 0 Å². The van der Waals surface area contributed by atoms with Gasteiger partial charge in [-0.3, -0.25) is 4.79 Å². The second kappa shape index (κ2) is 9.16. The van der Waals surface area contributed by atoms with Crippen molar-refractivity contribution in [2.75, 3.05) is 0 Å². The maximum absolute atomic E-state index is 12.5. The Kier molecular flexibility index (Phi) is 8.62. The predicted molar refractivity (Wildman–Crippen MR) is 97.9 cm³/mol. The number of hydrogen-bond acceptors (Lipinski definition) is 4. The fourth-order valence-corrected chi connectivity index (χ4v) is 2.78. The molecule has 2 unspecified atom stereocenters. The molecule has 0 rings (SSSR count). The normalized spacial score (nSPS) is 15.3. The Morgan fingerprint density at radius 1 is 1.00 bits per heavy atom. The Balaban J connectivity index is 5.21. The van der Waals surface area contributed by atoms with Crippen molar-refractivity contribution in [3.05, 3.63) is 24.3 Å². The number of carbonyl (C=O) groups is 2. The molecule has 0 saturated carbocycles. The first-order valence-corrected chi connectivity index (χ1v) is 8.73. The van der Waals surface area contributed by atoms with Gasteiger partial charge in [0.1, 0.15) is 11.2 Å². The fourth-order valence-electron chi connectivity index (χ4n) is 2.78. The van der Waals surface area contributed by atoms with Crippen LogP contribution in [0.4, 0.5) is 0 Å². The molecule has 4 nitrogen and oxygen atoms in total. The monoisotopic (exact) mass is 338 g/mol. The van der Waals surface area contributed by atoms with E-state index in [-0.39, 0.29) is 11.9 Å². The first-order valence-electron chi connectivity index (χ1n) is 8.73. The van der Waals surface area contributed by atoms with Crippen molar-refractivity contribution in [1.82, 2.24) is 0 Å². The number of ether oxygens (including phenoxy) is 2. The second-order valence-corrected chi connectivity index (χ2v) is 6.92. The standard InChI is InChI=1S/C20H34O4/c1-10-19(9,24-18(22)15(6)7)13-16(8)23-20(11-2,12-3)17(21)14(4)5/h16H,4,6,10-13H2,1-3,5,7-9H3. The van der Waals surface area contributed by atoms with Gasteiger partial charge in [-0.05, 0) is 52.5 Å². The molecule has 0 aromatic carbocycles. The van der Waals surface area contributed by atoms with Gasteiger partial charge in [-0.1, -0.05) is 33.9 Å². The molecule has 0 bridgehead atoms. The van der Waals surface area contributed by atoms with Crippen LogP contribution in [0.5, 0.6) is 0 Å². The average Bonchev–Trinajstić information content (AvgIpc) is 2.51. The second-order valence-electron chi connectivity index (χ2n) is 6.92. The Morgan fingerprint density at radius 3 is 1.83 bits per heavy atom. The summed E-state index contributed by atoms with van der Waals surface area (Å²) in [4.78, 5) is 24.4. The van der Waals surface area contributed by atoms with Gasteiger partial charge in [0.05, 0.1) is 6.10 Å². The molecule has 0 N–H and O–H groups in total. The minimum atomic E-state index is -0.863. The van der Waals surface area contributed by atoms with E-state index in [9.17, 15) is 9.59 Å². The van der Waals surface area contributed by atoms with Crippen molar-refractivity contribution in [1.29, 1.82) is 0 Å². The third-order valence-electron chi connectivity index (χ3n) is 4.53. The maximum atomic E-state index is 12.5. The molecule has 0 heterocycles. The average molecular weight is 338 g/mol. The van der Waals surface area contributed by atoms with Crippen LogP contribution in [-0.4, -0.2) is 29.1 Å². The topological polar surface area (TPSA) is 52.6 Å². The molecule has 0 aliphatic rings. The summed E-state index contributed by atoms with van der Waals surface area (Å²) in [6.45, 7) is 20.4. The van der Waals surface area contributed by atoms with E-state index < -0.39 is 17.2 Å². The lowest BCUT2D eigenvalue weighted by Crippen LogP contribution is -2.45. The molecule has 0 aromatic rings. The lowest BCUT2D eigenvalue weighted by atomic mass is 9.87. The maximum Gasteiger partial charge on any atom is 0.333 e. The summed E-state index contributed by atoms with van der Waals surface area (Å²) in [6.07, 6.45) is 2.07. The van der Waals surface area contributed by atoms with Crippen molar-refractivity contribution in [3.8, 4) is 0 Å². The highest BCUT2D eigenvalue weighted by Gasteiger charge is 2.39. The molecule has 0 saturated heterocycles. The molecule has 0 fully saturated rings. The minimum absolute atomic E-state index is 0.0588. The van der Waals surface area contributed by atoms with Gasteiger partial charge in [0.2, 0.25) is 0 Å². The predicted octanol–water partition coefficient (Wildman–Crippen LogP) is 4.77. The molecule has 138 valence electrons. The van der Waals surface area contributed by atoms with E-state index in [4.69, 9.17) is 9.47 Å². The molecule has 0 spiro atoms. The Hall–Kier alpha value is -1.42. The highest BCUT2D eigenvalue weighted by Crippen LogP contribution is 2.31. The number of ketones is 1. The van der Waals surface area contributed by atoms with E-state index in [1.54, 1.807) is 13.8 Å². The van der Waals surface area contributed by atoms with Gasteiger partial charge in [-0.15, -0.1) is 0 Å².